The third kappa shape index (κ3) is 8.30. The number of hydrogen-bond acceptors (Lipinski definition) is 4. The fourth-order valence-corrected chi connectivity index (χ4v) is 2.69. The lowest BCUT2D eigenvalue weighted by atomic mass is 10.1. The quantitative estimate of drug-likeness (QED) is 0.275. The summed E-state index contributed by atoms with van der Waals surface area (Å²) in [6.45, 7) is 8.37. The molecular formula is C24H35NO3. The van der Waals surface area contributed by atoms with Crippen molar-refractivity contribution in [3.8, 4) is 22.8 Å². The number of benzene rings is 1. The van der Waals surface area contributed by atoms with E-state index in [2.05, 4.69) is 25.8 Å². The Morgan fingerprint density at radius 3 is 2.29 bits per heavy atom. The van der Waals surface area contributed by atoms with E-state index in [9.17, 15) is 0 Å². The highest BCUT2D eigenvalue weighted by Gasteiger charge is 2.03. The van der Waals surface area contributed by atoms with Crippen molar-refractivity contribution >= 4 is 0 Å². The molecule has 154 valence electrons. The van der Waals surface area contributed by atoms with Crippen LogP contribution in [0.5, 0.6) is 11.5 Å². The Morgan fingerprint density at radius 1 is 0.857 bits per heavy atom. The molecule has 2 rings (SSSR count). The van der Waals surface area contributed by atoms with Gasteiger partial charge in [-0.25, -0.2) is 0 Å². The van der Waals surface area contributed by atoms with Gasteiger partial charge in [-0.05, 0) is 48.7 Å². The molecule has 0 bridgehead atoms. The van der Waals surface area contributed by atoms with Gasteiger partial charge in [0, 0.05) is 5.56 Å². The van der Waals surface area contributed by atoms with Crippen LogP contribution >= 0.6 is 0 Å². The third-order valence-corrected chi connectivity index (χ3v) is 4.82. The second-order valence-electron chi connectivity index (χ2n) is 7.31. The van der Waals surface area contributed by atoms with Crippen molar-refractivity contribution in [3.63, 3.8) is 0 Å². The van der Waals surface area contributed by atoms with Gasteiger partial charge in [-0.2, -0.15) is 0 Å². The van der Waals surface area contributed by atoms with Crippen molar-refractivity contribution in [1.29, 1.82) is 0 Å². The minimum absolute atomic E-state index is 0.275. The highest BCUT2D eigenvalue weighted by Crippen LogP contribution is 2.23. The molecule has 28 heavy (non-hydrogen) atoms. The third-order valence-electron chi connectivity index (χ3n) is 4.82. The molecule has 1 aromatic carbocycles. The standard InChI is InChI=1S/C24H35NO3/c1-4-6-7-8-9-16-26-19-28-23-14-15-24(25-17-23)21-10-12-22(13-11-21)27-18-20(3)5-2/h10-15,17,20H,4-9,16,18-19H2,1-3H3. The summed E-state index contributed by atoms with van der Waals surface area (Å²) in [5.74, 6) is 2.19. The maximum atomic E-state index is 5.81. The van der Waals surface area contributed by atoms with Crippen molar-refractivity contribution in [1.82, 2.24) is 4.98 Å². The predicted molar refractivity (Wildman–Crippen MR) is 115 cm³/mol. The van der Waals surface area contributed by atoms with Gasteiger partial charge in [0.15, 0.2) is 6.79 Å². The van der Waals surface area contributed by atoms with E-state index in [1.165, 1.54) is 25.7 Å². The highest BCUT2D eigenvalue weighted by molar-refractivity contribution is 5.60. The van der Waals surface area contributed by atoms with Crippen LogP contribution in [0, 0.1) is 5.92 Å². The van der Waals surface area contributed by atoms with E-state index in [0.717, 1.165) is 48.8 Å². The van der Waals surface area contributed by atoms with Crippen molar-refractivity contribution in [3.05, 3.63) is 42.6 Å². The fourth-order valence-electron chi connectivity index (χ4n) is 2.69. The van der Waals surface area contributed by atoms with Crippen LogP contribution in [0.15, 0.2) is 42.6 Å². The highest BCUT2D eigenvalue weighted by atomic mass is 16.7. The fraction of sp³-hybridized carbons (Fsp3) is 0.542. The van der Waals surface area contributed by atoms with E-state index in [1.807, 2.05) is 36.4 Å². The normalized spacial score (nSPS) is 12.0. The number of ether oxygens (including phenoxy) is 3. The van der Waals surface area contributed by atoms with Crippen molar-refractivity contribution in [2.45, 2.75) is 59.3 Å². The van der Waals surface area contributed by atoms with Gasteiger partial charge in [0.2, 0.25) is 0 Å². The van der Waals surface area contributed by atoms with Crippen LogP contribution in [0.2, 0.25) is 0 Å². The van der Waals surface area contributed by atoms with Crippen molar-refractivity contribution in [2.75, 3.05) is 20.0 Å². The number of aromatic nitrogens is 1. The van der Waals surface area contributed by atoms with Crippen LogP contribution in [0.25, 0.3) is 11.3 Å². The van der Waals surface area contributed by atoms with E-state index in [4.69, 9.17) is 14.2 Å². The molecule has 0 aliphatic heterocycles. The lowest BCUT2D eigenvalue weighted by Crippen LogP contribution is -2.07. The topological polar surface area (TPSA) is 40.6 Å². The zero-order valence-corrected chi connectivity index (χ0v) is 17.7. The maximum Gasteiger partial charge on any atom is 0.189 e. The van der Waals surface area contributed by atoms with Crippen LogP contribution in [0.4, 0.5) is 0 Å². The lowest BCUT2D eigenvalue weighted by Gasteiger charge is -2.11. The number of rotatable bonds is 14. The summed E-state index contributed by atoms with van der Waals surface area (Å²) in [7, 11) is 0. The molecule has 1 aromatic heterocycles. The van der Waals surface area contributed by atoms with Gasteiger partial charge >= 0.3 is 0 Å². The minimum atomic E-state index is 0.275. The van der Waals surface area contributed by atoms with E-state index < -0.39 is 0 Å². The molecule has 0 saturated heterocycles. The molecule has 0 aliphatic carbocycles. The molecule has 0 radical (unpaired) electrons. The maximum absolute atomic E-state index is 5.81. The second kappa shape index (κ2) is 13.2. The Bertz CT molecular complexity index is 640. The Labute approximate surface area is 170 Å². The molecule has 0 spiro atoms. The number of pyridine rings is 1. The Balaban J connectivity index is 1.71. The first-order valence-corrected chi connectivity index (χ1v) is 10.6. The van der Waals surface area contributed by atoms with E-state index in [0.29, 0.717) is 5.92 Å². The molecule has 1 heterocycles. The van der Waals surface area contributed by atoms with Crippen LogP contribution in [0.3, 0.4) is 0 Å². The zero-order valence-electron chi connectivity index (χ0n) is 17.7. The largest absolute Gasteiger partial charge is 0.493 e. The van der Waals surface area contributed by atoms with Gasteiger partial charge in [0.25, 0.3) is 0 Å². The summed E-state index contributed by atoms with van der Waals surface area (Å²) < 4.78 is 16.9. The minimum Gasteiger partial charge on any atom is -0.493 e. The molecule has 0 saturated carbocycles. The first kappa shape index (κ1) is 22.2. The van der Waals surface area contributed by atoms with Crippen LogP contribution in [-0.2, 0) is 4.74 Å². The molecular weight excluding hydrogens is 350 g/mol. The summed E-state index contributed by atoms with van der Waals surface area (Å²) in [5, 5.41) is 0. The predicted octanol–water partition coefficient (Wildman–Crippen LogP) is 6.50. The lowest BCUT2D eigenvalue weighted by molar-refractivity contribution is 0.0133. The van der Waals surface area contributed by atoms with E-state index in [-0.39, 0.29) is 6.79 Å². The van der Waals surface area contributed by atoms with E-state index >= 15 is 0 Å². The summed E-state index contributed by atoms with van der Waals surface area (Å²) in [6.07, 6.45) is 9.05. The SMILES string of the molecule is CCCCCCCOCOc1ccc(-c2ccc(OCC(C)CC)cc2)nc1. The molecule has 0 amide bonds. The van der Waals surface area contributed by atoms with Crippen LogP contribution < -0.4 is 9.47 Å². The Morgan fingerprint density at radius 2 is 1.61 bits per heavy atom. The van der Waals surface area contributed by atoms with Crippen molar-refractivity contribution < 1.29 is 14.2 Å². The first-order valence-electron chi connectivity index (χ1n) is 10.6. The second-order valence-corrected chi connectivity index (χ2v) is 7.31. The number of hydrogen-bond donors (Lipinski definition) is 0. The molecule has 2 aromatic rings. The van der Waals surface area contributed by atoms with Gasteiger partial charge in [0.05, 0.1) is 25.1 Å². The molecule has 0 aliphatic rings. The van der Waals surface area contributed by atoms with Gasteiger partial charge in [0.1, 0.15) is 11.5 Å². The summed E-state index contributed by atoms with van der Waals surface area (Å²) in [6, 6.07) is 12.0. The molecule has 0 fully saturated rings. The molecule has 4 heteroatoms. The monoisotopic (exact) mass is 385 g/mol. The number of unbranched alkanes of at least 4 members (excludes halogenated alkanes) is 4. The molecule has 0 N–H and O–H groups in total. The van der Waals surface area contributed by atoms with Crippen molar-refractivity contribution in [2.24, 2.45) is 5.92 Å². The smallest absolute Gasteiger partial charge is 0.189 e. The molecule has 4 nitrogen and oxygen atoms in total. The Kier molecular flexibility index (Phi) is 10.4. The Hall–Kier alpha value is -2.07. The van der Waals surface area contributed by atoms with Crippen LogP contribution in [-0.4, -0.2) is 25.0 Å². The van der Waals surface area contributed by atoms with Gasteiger partial charge in [-0.1, -0.05) is 52.9 Å². The average molecular weight is 386 g/mol. The summed E-state index contributed by atoms with van der Waals surface area (Å²) >= 11 is 0. The zero-order chi connectivity index (χ0) is 20.0. The van der Waals surface area contributed by atoms with Gasteiger partial charge in [-0.15, -0.1) is 0 Å². The number of nitrogens with zero attached hydrogens (tertiary/aromatic N) is 1. The van der Waals surface area contributed by atoms with Gasteiger partial charge < -0.3 is 14.2 Å². The van der Waals surface area contributed by atoms with Crippen LogP contribution in [0.1, 0.15) is 59.3 Å². The molecule has 1 unspecified atom stereocenters. The first-order chi connectivity index (χ1) is 13.7. The van der Waals surface area contributed by atoms with E-state index in [1.54, 1.807) is 6.20 Å². The summed E-state index contributed by atoms with van der Waals surface area (Å²) in [5.41, 5.74) is 1.98. The van der Waals surface area contributed by atoms with Gasteiger partial charge in [-0.3, -0.25) is 4.98 Å². The average Bonchev–Trinajstić information content (AvgIpc) is 2.74. The molecule has 1 atom stereocenters. The summed E-state index contributed by atoms with van der Waals surface area (Å²) in [4.78, 5) is 4.49.